The molecule has 6 heteroatoms. The van der Waals surface area contributed by atoms with Gasteiger partial charge in [-0.3, -0.25) is 0 Å². The normalized spacial score (nSPS) is 10.1. The fourth-order valence-electron chi connectivity index (χ4n) is 1.21. The third-order valence-electron chi connectivity index (χ3n) is 1.95. The summed E-state index contributed by atoms with van der Waals surface area (Å²) >= 11 is 3.18. The molecule has 80 valence electrons. The SMILES string of the molecule is O=C([AsH2])c1cncc(-c2cc(I)ncn2)c1. The molecule has 4 nitrogen and oxygen atoms in total. The second kappa shape index (κ2) is 5.01. The molecule has 2 aromatic rings. The Morgan fingerprint density at radius 2 is 2.06 bits per heavy atom. The number of carbonyl (C=O) groups is 1. The van der Waals surface area contributed by atoms with Gasteiger partial charge in [0.25, 0.3) is 0 Å². The molecule has 0 fully saturated rings. The summed E-state index contributed by atoms with van der Waals surface area (Å²) in [5.41, 5.74) is 2.23. The minimum atomic E-state index is 0.0607. The number of rotatable bonds is 2. The van der Waals surface area contributed by atoms with E-state index in [4.69, 9.17) is 0 Å². The first kappa shape index (κ1) is 11.7. The molecule has 0 radical (unpaired) electrons. The van der Waals surface area contributed by atoms with Crippen molar-refractivity contribution in [2.45, 2.75) is 0 Å². The van der Waals surface area contributed by atoms with Crippen molar-refractivity contribution in [3.8, 4) is 11.3 Å². The predicted molar refractivity (Wildman–Crippen MR) is 70.9 cm³/mol. The van der Waals surface area contributed by atoms with Gasteiger partial charge in [0, 0.05) is 0 Å². The van der Waals surface area contributed by atoms with E-state index in [1.54, 1.807) is 18.5 Å². The molecule has 2 rings (SSSR count). The van der Waals surface area contributed by atoms with Gasteiger partial charge in [0.15, 0.2) is 0 Å². The molecular formula is C10H7AsIN3O. The van der Waals surface area contributed by atoms with Crippen molar-refractivity contribution in [2.24, 2.45) is 0 Å². The molecule has 0 spiro atoms. The number of pyridine rings is 1. The van der Waals surface area contributed by atoms with Crippen molar-refractivity contribution in [1.29, 1.82) is 0 Å². The third-order valence-corrected chi connectivity index (χ3v) is 3.24. The summed E-state index contributed by atoms with van der Waals surface area (Å²) in [5.74, 6) is 0. The van der Waals surface area contributed by atoms with E-state index in [0.29, 0.717) is 5.56 Å². The van der Waals surface area contributed by atoms with Gasteiger partial charge in [-0.1, -0.05) is 0 Å². The summed E-state index contributed by atoms with van der Waals surface area (Å²) in [7, 11) is 0. The quantitative estimate of drug-likeness (QED) is 0.437. The van der Waals surface area contributed by atoms with Gasteiger partial charge in [0.2, 0.25) is 0 Å². The molecular weight excluding hydrogens is 380 g/mol. The van der Waals surface area contributed by atoms with Gasteiger partial charge in [-0.05, 0) is 0 Å². The van der Waals surface area contributed by atoms with E-state index < -0.39 is 0 Å². The van der Waals surface area contributed by atoms with E-state index in [1.807, 2.05) is 6.07 Å². The van der Waals surface area contributed by atoms with Crippen LogP contribution >= 0.6 is 22.6 Å². The number of hydrogen-bond acceptors (Lipinski definition) is 4. The Hall–Kier alpha value is -0.812. The first-order chi connectivity index (χ1) is 7.66. The molecule has 2 heterocycles. The average Bonchev–Trinajstić information content (AvgIpc) is 2.29. The van der Waals surface area contributed by atoms with Crippen LogP contribution in [-0.4, -0.2) is 36.4 Å². The fraction of sp³-hybridized carbons (Fsp3) is 0. The molecule has 0 aromatic carbocycles. The maximum atomic E-state index is 11.2. The molecule has 0 N–H and O–H groups in total. The summed E-state index contributed by atoms with van der Waals surface area (Å²) < 4.78 is 0.922. The van der Waals surface area contributed by atoms with Crippen LogP contribution in [0.2, 0.25) is 0 Å². The second-order valence-corrected chi connectivity index (χ2v) is 5.26. The summed E-state index contributed by atoms with van der Waals surface area (Å²) in [6.07, 6.45) is 4.76. The molecule has 0 amide bonds. The maximum absolute atomic E-state index is 11.2. The van der Waals surface area contributed by atoms with Gasteiger partial charge in [-0.2, -0.15) is 0 Å². The van der Waals surface area contributed by atoms with Crippen LogP contribution in [0.1, 0.15) is 10.4 Å². The minimum absolute atomic E-state index is 0.0607. The molecule has 2 aromatic heterocycles. The molecule has 0 aliphatic rings. The van der Waals surface area contributed by atoms with Crippen LogP contribution in [0.25, 0.3) is 11.3 Å². The zero-order valence-electron chi connectivity index (χ0n) is 8.09. The zero-order chi connectivity index (χ0) is 11.5. The Morgan fingerprint density at radius 3 is 2.75 bits per heavy atom. The van der Waals surface area contributed by atoms with Crippen molar-refractivity contribution >= 4 is 44.0 Å². The molecule has 0 aliphatic heterocycles. The van der Waals surface area contributed by atoms with Gasteiger partial charge in [0.05, 0.1) is 0 Å². The fourth-order valence-corrected chi connectivity index (χ4v) is 1.96. The summed E-state index contributed by atoms with van der Waals surface area (Å²) in [5, 5.41) is 0. The Balaban J connectivity index is 2.48. The topological polar surface area (TPSA) is 55.7 Å². The number of halogens is 1. The second-order valence-electron chi connectivity index (χ2n) is 3.05. The van der Waals surface area contributed by atoms with Gasteiger partial charge >= 0.3 is 115 Å². The molecule has 0 aliphatic carbocycles. The van der Waals surface area contributed by atoms with E-state index >= 15 is 0 Å². The standard InChI is InChI=1S/C10H7AsIN3O/c11-10(16)7-1-6(3-13-4-7)8-2-9(12)15-5-14-8/h1-5H,11H2. The Kier molecular flexibility index (Phi) is 3.66. The molecule has 1 unspecified atom stereocenters. The molecule has 0 saturated heterocycles. The predicted octanol–water partition coefficient (Wildman–Crippen LogP) is 0.916. The van der Waals surface area contributed by atoms with Crippen molar-refractivity contribution in [3.63, 3.8) is 0 Å². The van der Waals surface area contributed by atoms with Crippen LogP contribution in [0.3, 0.4) is 0 Å². The number of carbonyl (C=O) groups excluding carboxylic acids is 1. The van der Waals surface area contributed by atoms with Crippen LogP contribution < -0.4 is 0 Å². The first-order valence-electron chi connectivity index (χ1n) is 4.39. The van der Waals surface area contributed by atoms with Crippen LogP contribution in [0.5, 0.6) is 0 Å². The van der Waals surface area contributed by atoms with E-state index in [2.05, 4.69) is 37.5 Å². The Morgan fingerprint density at radius 1 is 1.25 bits per heavy atom. The van der Waals surface area contributed by atoms with Crippen molar-refractivity contribution in [2.75, 3.05) is 0 Å². The van der Waals surface area contributed by atoms with Crippen molar-refractivity contribution in [1.82, 2.24) is 15.0 Å². The van der Waals surface area contributed by atoms with Gasteiger partial charge in [-0.15, -0.1) is 0 Å². The van der Waals surface area contributed by atoms with E-state index in [9.17, 15) is 4.79 Å². The molecule has 1 atom stereocenters. The van der Waals surface area contributed by atoms with Crippen LogP contribution in [0.4, 0.5) is 0 Å². The van der Waals surface area contributed by atoms with Crippen LogP contribution in [0, 0.1) is 3.70 Å². The van der Waals surface area contributed by atoms with Crippen molar-refractivity contribution < 1.29 is 4.79 Å². The summed E-state index contributed by atoms with van der Waals surface area (Å²) in [6, 6.07) is 3.65. The third kappa shape index (κ3) is 2.65. The number of nitrogens with zero attached hydrogens (tertiary/aromatic N) is 3. The monoisotopic (exact) mass is 387 g/mol. The van der Waals surface area contributed by atoms with Gasteiger partial charge in [-0.25, -0.2) is 0 Å². The molecule has 16 heavy (non-hydrogen) atoms. The van der Waals surface area contributed by atoms with Crippen LogP contribution in [0.15, 0.2) is 30.9 Å². The van der Waals surface area contributed by atoms with E-state index in [1.165, 1.54) is 6.33 Å². The summed E-state index contributed by atoms with van der Waals surface area (Å²) in [4.78, 5) is 23.4. The Labute approximate surface area is 115 Å². The van der Waals surface area contributed by atoms with Crippen LogP contribution in [-0.2, 0) is 0 Å². The van der Waals surface area contributed by atoms with Gasteiger partial charge < -0.3 is 0 Å². The van der Waals surface area contributed by atoms with E-state index in [0.717, 1.165) is 31.8 Å². The van der Waals surface area contributed by atoms with E-state index in [-0.39, 0.29) is 4.57 Å². The first-order valence-corrected chi connectivity index (χ1v) is 6.68. The summed E-state index contributed by atoms with van der Waals surface area (Å²) in [6.45, 7) is 0. The number of hydrogen-bond donors (Lipinski definition) is 0. The van der Waals surface area contributed by atoms with Crippen molar-refractivity contribution in [3.05, 3.63) is 40.1 Å². The number of aromatic nitrogens is 3. The molecule has 0 saturated carbocycles. The van der Waals surface area contributed by atoms with Gasteiger partial charge in [0.1, 0.15) is 0 Å². The average molecular weight is 387 g/mol. The Bertz CT molecular complexity index is 547. The molecule has 0 bridgehead atoms. The zero-order valence-corrected chi connectivity index (χ0v) is 12.7.